The fraction of sp³-hybridized carbons (Fsp3) is 0.476. The first-order valence-corrected chi connectivity index (χ1v) is 12.9. The molecule has 0 radical (unpaired) electrons. The van der Waals surface area contributed by atoms with E-state index in [1.807, 2.05) is 11.8 Å². The number of benzene rings is 1. The number of thioether (sulfide) groups is 2. The molecule has 3 aromatic rings. The average Bonchev–Trinajstić information content (AvgIpc) is 3.13. The van der Waals surface area contributed by atoms with E-state index in [9.17, 15) is 0 Å². The Bertz CT molecular complexity index is 1040. The molecule has 9 heteroatoms. The van der Waals surface area contributed by atoms with Crippen molar-refractivity contribution in [2.75, 3.05) is 51.6 Å². The third kappa shape index (κ3) is 3.47. The van der Waals surface area contributed by atoms with Crippen LogP contribution in [0.1, 0.15) is 12.8 Å². The van der Waals surface area contributed by atoms with Crippen molar-refractivity contribution in [2.24, 2.45) is 5.41 Å². The number of aromatic amines is 1. The molecular weight excluding hydrogens is 414 g/mol. The molecule has 1 spiro atoms. The standard InChI is InChI=1S/C21H25N7S2/c1-3-15(28-6-9-29-10-7-28)4-2-14(1)24-20-26-18-17(22-13-23-18)19(27-20)25-16-11-21(16)5-8-30-12-21/h1-4,13,16H,5-12H2,(H3,22,23,24,25,26,27). The Morgan fingerprint density at radius 2 is 1.93 bits per heavy atom. The minimum atomic E-state index is 0.471. The Balaban J connectivity index is 1.21. The van der Waals surface area contributed by atoms with Crippen molar-refractivity contribution in [3.05, 3.63) is 30.6 Å². The average molecular weight is 440 g/mol. The lowest BCUT2D eigenvalue weighted by atomic mass is 10.1. The van der Waals surface area contributed by atoms with Crippen molar-refractivity contribution in [3.8, 4) is 0 Å². The Labute approximate surface area is 184 Å². The van der Waals surface area contributed by atoms with Gasteiger partial charge < -0.3 is 20.5 Å². The highest BCUT2D eigenvalue weighted by Crippen LogP contribution is 2.57. The second-order valence-electron chi connectivity index (χ2n) is 8.33. The highest BCUT2D eigenvalue weighted by Gasteiger charge is 2.56. The predicted molar refractivity (Wildman–Crippen MR) is 127 cm³/mol. The molecule has 7 nitrogen and oxygen atoms in total. The van der Waals surface area contributed by atoms with Crippen LogP contribution in [-0.4, -0.2) is 62.1 Å². The Morgan fingerprint density at radius 1 is 1.07 bits per heavy atom. The summed E-state index contributed by atoms with van der Waals surface area (Å²) in [5.41, 5.74) is 4.30. The number of hydrogen-bond donors (Lipinski definition) is 3. The number of H-pyrrole nitrogens is 1. The maximum absolute atomic E-state index is 4.79. The van der Waals surface area contributed by atoms with Gasteiger partial charge in [0, 0.05) is 53.2 Å². The lowest BCUT2D eigenvalue weighted by molar-refractivity contribution is 0.574. The van der Waals surface area contributed by atoms with Crippen LogP contribution in [0.15, 0.2) is 30.6 Å². The molecule has 156 valence electrons. The molecule has 3 aliphatic rings. The molecule has 2 unspecified atom stereocenters. The molecule has 2 aromatic heterocycles. The largest absolute Gasteiger partial charge is 0.370 e. The van der Waals surface area contributed by atoms with Gasteiger partial charge in [0.15, 0.2) is 11.5 Å². The summed E-state index contributed by atoms with van der Waals surface area (Å²) < 4.78 is 0. The predicted octanol–water partition coefficient (Wildman–Crippen LogP) is 3.96. The Morgan fingerprint density at radius 3 is 2.73 bits per heavy atom. The van der Waals surface area contributed by atoms with E-state index < -0.39 is 0 Å². The molecule has 30 heavy (non-hydrogen) atoms. The van der Waals surface area contributed by atoms with Gasteiger partial charge in [0.25, 0.3) is 0 Å². The van der Waals surface area contributed by atoms with E-state index in [-0.39, 0.29) is 0 Å². The molecule has 1 saturated carbocycles. The summed E-state index contributed by atoms with van der Waals surface area (Å²) in [4.78, 5) is 19.4. The van der Waals surface area contributed by atoms with Crippen molar-refractivity contribution in [2.45, 2.75) is 18.9 Å². The maximum Gasteiger partial charge on any atom is 0.231 e. The van der Waals surface area contributed by atoms with Gasteiger partial charge in [-0.15, -0.1) is 0 Å². The lowest BCUT2D eigenvalue weighted by Crippen LogP contribution is -2.32. The fourth-order valence-corrected chi connectivity index (χ4v) is 6.94. The second kappa shape index (κ2) is 7.53. The quantitative estimate of drug-likeness (QED) is 0.551. The number of aromatic nitrogens is 4. The van der Waals surface area contributed by atoms with Crippen LogP contribution in [0.5, 0.6) is 0 Å². The Kier molecular flexibility index (Phi) is 4.67. The molecule has 2 saturated heterocycles. The number of nitrogens with zero attached hydrogens (tertiary/aromatic N) is 4. The zero-order valence-electron chi connectivity index (χ0n) is 16.7. The summed E-state index contributed by atoms with van der Waals surface area (Å²) >= 11 is 4.10. The molecule has 6 rings (SSSR count). The highest BCUT2D eigenvalue weighted by atomic mass is 32.2. The minimum absolute atomic E-state index is 0.471. The first-order valence-electron chi connectivity index (χ1n) is 10.5. The first-order chi connectivity index (χ1) is 14.8. The van der Waals surface area contributed by atoms with Gasteiger partial charge in [0.2, 0.25) is 5.95 Å². The van der Waals surface area contributed by atoms with Crippen molar-refractivity contribution >= 4 is 57.8 Å². The molecule has 1 aromatic carbocycles. The van der Waals surface area contributed by atoms with Crippen molar-refractivity contribution < 1.29 is 0 Å². The first kappa shape index (κ1) is 18.6. The summed E-state index contributed by atoms with van der Waals surface area (Å²) in [5, 5.41) is 7.04. The van der Waals surface area contributed by atoms with Crippen LogP contribution >= 0.6 is 23.5 Å². The summed E-state index contributed by atoms with van der Waals surface area (Å²) in [5.74, 6) is 6.37. The van der Waals surface area contributed by atoms with Gasteiger partial charge in [-0.1, -0.05) is 0 Å². The molecular formula is C21H25N7S2. The van der Waals surface area contributed by atoms with Gasteiger partial charge in [0.1, 0.15) is 5.52 Å². The fourth-order valence-electron chi connectivity index (χ4n) is 4.48. The number of nitrogens with one attached hydrogen (secondary N) is 3. The molecule has 0 amide bonds. The van der Waals surface area contributed by atoms with E-state index in [1.54, 1.807) is 6.33 Å². The normalized spacial score (nSPS) is 25.7. The highest BCUT2D eigenvalue weighted by molar-refractivity contribution is 7.99. The smallest absolute Gasteiger partial charge is 0.231 e. The number of rotatable bonds is 5. The van der Waals surface area contributed by atoms with Crippen LogP contribution < -0.4 is 15.5 Å². The van der Waals surface area contributed by atoms with Gasteiger partial charge in [-0.3, -0.25) is 0 Å². The van der Waals surface area contributed by atoms with Crippen molar-refractivity contribution in [3.63, 3.8) is 0 Å². The Hall–Kier alpha value is -2.13. The molecule has 3 fully saturated rings. The summed E-state index contributed by atoms with van der Waals surface area (Å²) in [7, 11) is 0. The number of hydrogen-bond acceptors (Lipinski definition) is 8. The van der Waals surface area contributed by atoms with E-state index in [2.05, 4.69) is 66.5 Å². The van der Waals surface area contributed by atoms with Gasteiger partial charge in [-0.05, 0) is 42.9 Å². The van der Waals surface area contributed by atoms with E-state index >= 15 is 0 Å². The van der Waals surface area contributed by atoms with Crippen molar-refractivity contribution in [1.29, 1.82) is 0 Å². The SMILES string of the molecule is c1nc2nc(Nc3ccc(N4CCSCC4)cc3)nc(NC3CC34CCSC4)c2[nH]1. The van der Waals surface area contributed by atoms with Gasteiger partial charge in [0.05, 0.1) is 6.33 Å². The zero-order chi connectivity index (χ0) is 20.0. The van der Waals surface area contributed by atoms with Gasteiger partial charge >= 0.3 is 0 Å². The molecule has 4 heterocycles. The van der Waals surface area contributed by atoms with Gasteiger partial charge in [-0.2, -0.15) is 33.5 Å². The molecule has 3 N–H and O–H groups in total. The number of fused-ring (bicyclic) bond motifs is 1. The van der Waals surface area contributed by atoms with Crippen LogP contribution in [0.2, 0.25) is 0 Å². The van der Waals surface area contributed by atoms with E-state index in [1.165, 1.54) is 41.5 Å². The third-order valence-electron chi connectivity index (χ3n) is 6.42. The van der Waals surface area contributed by atoms with Gasteiger partial charge in [-0.25, -0.2) is 4.98 Å². The maximum atomic E-state index is 4.79. The number of anilines is 4. The molecule has 2 atom stereocenters. The lowest BCUT2D eigenvalue weighted by Gasteiger charge is -2.28. The van der Waals surface area contributed by atoms with Crippen LogP contribution in [0.25, 0.3) is 11.2 Å². The van der Waals surface area contributed by atoms with E-state index in [0.717, 1.165) is 30.1 Å². The van der Waals surface area contributed by atoms with Crippen LogP contribution in [0.3, 0.4) is 0 Å². The van der Waals surface area contributed by atoms with Crippen LogP contribution in [0.4, 0.5) is 23.1 Å². The van der Waals surface area contributed by atoms with Crippen LogP contribution in [0, 0.1) is 5.41 Å². The van der Waals surface area contributed by atoms with Crippen LogP contribution in [-0.2, 0) is 0 Å². The third-order valence-corrected chi connectivity index (χ3v) is 8.63. The topological polar surface area (TPSA) is 81.8 Å². The molecule has 1 aliphatic carbocycles. The van der Waals surface area contributed by atoms with Crippen molar-refractivity contribution in [1.82, 2.24) is 19.9 Å². The molecule has 0 bridgehead atoms. The number of imidazole rings is 1. The van der Waals surface area contributed by atoms with E-state index in [0.29, 0.717) is 23.1 Å². The van der Waals surface area contributed by atoms with E-state index in [4.69, 9.17) is 4.98 Å². The second-order valence-corrected chi connectivity index (χ2v) is 10.7. The summed E-state index contributed by atoms with van der Waals surface area (Å²) in [6.07, 6.45) is 4.23. The summed E-state index contributed by atoms with van der Waals surface area (Å²) in [6, 6.07) is 9.07. The summed E-state index contributed by atoms with van der Waals surface area (Å²) in [6.45, 7) is 2.24. The zero-order valence-corrected chi connectivity index (χ0v) is 18.4. The monoisotopic (exact) mass is 439 g/mol. The minimum Gasteiger partial charge on any atom is -0.370 e. The molecule has 2 aliphatic heterocycles.